The maximum Gasteiger partial charge on any atom is 0.358 e. The highest BCUT2D eigenvalue weighted by atomic mass is 16.5. The molecule has 28 heavy (non-hydrogen) atoms. The molecular weight excluding hydrogens is 360 g/mol. The summed E-state index contributed by atoms with van der Waals surface area (Å²) in [5.74, 6) is -0.236. The molecule has 0 spiro atoms. The fourth-order valence-electron chi connectivity index (χ4n) is 3.98. The number of ether oxygens (including phenoxy) is 1. The fraction of sp³-hybridized carbons (Fsp3) is 0.600. The normalized spacial score (nSPS) is 17.3. The van der Waals surface area contributed by atoms with E-state index in [4.69, 9.17) is 9.84 Å². The molecule has 2 saturated carbocycles. The first-order chi connectivity index (χ1) is 13.6. The van der Waals surface area contributed by atoms with Gasteiger partial charge in [0, 0.05) is 23.2 Å². The van der Waals surface area contributed by atoms with Crippen LogP contribution in [0.4, 0.5) is 0 Å². The molecule has 2 fully saturated rings. The Labute approximate surface area is 164 Å². The zero-order valence-electron chi connectivity index (χ0n) is 16.2. The summed E-state index contributed by atoms with van der Waals surface area (Å²) in [6.45, 7) is 2.19. The van der Waals surface area contributed by atoms with E-state index in [2.05, 4.69) is 20.4 Å². The minimum atomic E-state index is -0.958. The average molecular weight is 388 g/mol. The van der Waals surface area contributed by atoms with E-state index in [1.807, 2.05) is 6.07 Å². The van der Waals surface area contributed by atoms with Crippen LogP contribution in [0.2, 0.25) is 0 Å². The Morgan fingerprint density at radius 2 is 1.43 bits per heavy atom. The number of hydrogen-bond donors (Lipinski definition) is 3. The van der Waals surface area contributed by atoms with Gasteiger partial charge in [0.2, 0.25) is 0 Å². The van der Waals surface area contributed by atoms with Gasteiger partial charge < -0.3 is 9.84 Å². The minimum Gasteiger partial charge on any atom is -0.476 e. The van der Waals surface area contributed by atoms with Gasteiger partial charge in [0.1, 0.15) is 0 Å². The molecule has 0 saturated heterocycles. The minimum absolute atomic E-state index is 0.127. The van der Waals surface area contributed by atoms with Gasteiger partial charge in [-0.25, -0.2) is 9.59 Å². The van der Waals surface area contributed by atoms with Crippen molar-refractivity contribution in [2.45, 2.75) is 70.1 Å². The Balaban J connectivity index is 0.000000162. The van der Waals surface area contributed by atoms with Gasteiger partial charge in [-0.15, -0.1) is 0 Å². The second kappa shape index (κ2) is 9.52. The molecule has 8 nitrogen and oxygen atoms in total. The van der Waals surface area contributed by atoms with Crippen molar-refractivity contribution in [1.29, 1.82) is 0 Å². The lowest BCUT2D eigenvalue weighted by Crippen LogP contribution is -2.04. The lowest BCUT2D eigenvalue weighted by atomic mass is 10.0. The Hall–Kier alpha value is -2.64. The smallest absolute Gasteiger partial charge is 0.358 e. The number of carboxylic acids is 1. The first kappa shape index (κ1) is 20.1. The number of carboxylic acid groups (broad SMARTS) is 1. The molecule has 0 bridgehead atoms. The van der Waals surface area contributed by atoms with E-state index in [0.29, 0.717) is 24.1 Å². The highest BCUT2D eigenvalue weighted by Crippen LogP contribution is 2.33. The number of aromatic nitrogens is 4. The third-order valence-electron chi connectivity index (χ3n) is 5.49. The van der Waals surface area contributed by atoms with Crippen LogP contribution in [0.5, 0.6) is 0 Å². The second-order valence-corrected chi connectivity index (χ2v) is 7.41. The van der Waals surface area contributed by atoms with Crippen molar-refractivity contribution in [3.05, 3.63) is 34.9 Å². The summed E-state index contributed by atoms with van der Waals surface area (Å²) in [5, 5.41) is 22.1. The Morgan fingerprint density at radius 3 is 1.86 bits per heavy atom. The van der Waals surface area contributed by atoms with E-state index in [-0.39, 0.29) is 11.7 Å². The van der Waals surface area contributed by atoms with Crippen LogP contribution in [-0.2, 0) is 4.74 Å². The number of aromatic carboxylic acids is 1. The van der Waals surface area contributed by atoms with Crippen LogP contribution in [0.1, 0.15) is 102 Å². The molecule has 0 aliphatic heterocycles. The van der Waals surface area contributed by atoms with Crippen molar-refractivity contribution in [2.75, 3.05) is 6.61 Å². The van der Waals surface area contributed by atoms with E-state index >= 15 is 0 Å². The summed E-state index contributed by atoms with van der Waals surface area (Å²) in [4.78, 5) is 21.9. The lowest BCUT2D eigenvalue weighted by molar-refractivity contribution is 0.0519. The standard InChI is InChI=1S/C11H16N2O2.C9H12N2O2/c1-2-15-11(14)10-7-9(12-13-10)8-5-3-4-6-8;12-9(13)8-5-7(10-11-8)6-3-1-2-4-6/h7-8H,2-6H2,1H3,(H,12,13);5-6H,1-4H2,(H,10,11)(H,12,13). The van der Waals surface area contributed by atoms with Crippen molar-refractivity contribution >= 4 is 11.9 Å². The highest BCUT2D eigenvalue weighted by Gasteiger charge is 2.21. The molecule has 4 rings (SSSR count). The number of esters is 1. The third-order valence-corrected chi connectivity index (χ3v) is 5.49. The van der Waals surface area contributed by atoms with Crippen molar-refractivity contribution in [2.24, 2.45) is 0 Å². The van der Waals surface area contributed by atoms with Crippen LogP contribution >= 0.6 is 0 Å². The molecule has 2 heterocycles. The van der Waals surface area contributed by atoms with Crippen LogP contribution in [0, 0.1) is 0 Å². The number of carbonyl (C=O) groups excluding carboxylic acids is 1. The summed E-state index contributed by atoms with van der Waals surface area (Å²) in [6.07, 6.45) is 9.74. The molecular formula is C20H28N4O4. The predicted octanol–water partition coefficient (Wildman–Crippen LogP) is 4.01. The monoisotopic (exact) mass is 388 g/mol. The van der Waals surface area contributed by atoms with Gasteiger partial charge in [-0.3, -0.25) is 10.2 Å². The average Bonchev–Trinajstić information content (AvgIpc) is 3.50. The number of carbonyl (C=O) groups is 2. The molecule has 0 atom stereocenters. The number of hydrogen-bond acceptors (Lipinski definition) is 5. The van der Waals surface area contributed by atoms with Gasteiger partial charge in [-0.05, 0) is 44.7 Å². The van der Waals surface area contributed by atoms with Gasteiger partial charge in [0.05, 0.1) is 6.61 Å². The largest absolute Gasteiger partial charge is 0.476 e. The SMILES string of the molecule is CCOC(=O)c1cc(C2CCCC2)[nH]n1.O=C(O)c1cc(C2CCCC2)[nH]n1. The fourth-order valence-corrected chi connectivity index (χ4v) is 3.98. The zero-order chi connectivity index (χ0) is 19.9. The molecule has 0 radical (unpaired) electrons. The van der Waals surface area contributed by atoms with E-state index < -0.39 is 5.97 Å². The first-order valence-corrected chi connectivity index (χ1v) is 10.1. The van der Waals surface area contributed by atoms with Crippen molar-refractivity contribution in [3.63, 3.8) is 0 Å². The van der Waals surface area contributed by atoms with Crippen molar-refractivity contribution < 1.29 is 19.4 Å². The molecule has 0 aromatic carbocycles. The first-order valence-electron chi connectivity index (χ1n) is 10.1. The zero-order valence-corrected chi connectivity index (χ0v) is 16.2. The van der Waals surface area contributed by atoms with E-state index in [9.17, 15) is 9.59 Å². The number of rotatable bonds is 5. The molecule has 0 unspecified atom stereocenters. The summed E-state index contributed by atoms with van der Waals surface area (Å²) in [7, 11) is 0. The van der Waals surface area contributed by atoms with Gasteiger partial charge in [-0.1, -0.05) is 25.7 Å². The summed E-state index contributed by atoms with van der Waals surface area (Å²) < 4.78 is 4.88. The van der Waals surface area contributed by atoms with Gasteiger partial charge in [-0.2, -0.15) is 10.2 Å². The van der Waals surface area contributed by atoms with E-state index in [1.165, 1.54) is 38.5 Å². The maximum atomic E-state index is 11.4. The van der Waals surface area contributed by atoms with E-state index in [0.717, 1.165) is 24.2 Å². The summed E-state index contributed by atoms with van der Waals surface area (Å²) >= 11 is 0. The van der Waals surface area contributed by atoms with E-state index in [1.54, 1.807) is 13.0 Å². The van der Waals surface area contributed by atoms with Gasteiger partial charge in [0.15, 0.2) is 11.4 Å². The Morgan fingerprint density at radius 1 is 0.964 bits per heavy atom. The lowest BCUT2D eigenvalue weighted by Gasteiger charge is -2.03. The summed E-state index contributed by atoms with van der Waals surface area (Å²) in [6, 6.07) is 3.48. The molecule has 3 N–H and O–H groups in total. The van der Waals surface area contributed by atoms with Crippen LogP contribution in [0.15, 0.2) is 12.1 Å². The molecule has 8 heteroatoms. The van der Waals surface area contributed by atoms with Crippen molar-refractivity contribution in [3.8, 4) is 0 Å². The Kier molecular flexibility index (Phi) is 6.84. The molecule has 2 aliphatic carbocycles. The van der Waals surface area contributed by atoms with Crippen LogP contribution in [-0.4, -0.2) is 44.0 Å². The molecule has 152 valence electrons. The van der Waals surface area contributed by atoms with Crippen LogP contribution in [0.3, 0.4) is 0 Å². The highest BCUT2D eigenvalue weighted by molar-refractivity contribution is 5.87. The third kappa shape index (κ3) is 4.99. The molecule has 2 aliphatic rings. The quantitative estimate of drug-likeness (QED) is 0.666. The van der Waals surface area contributed by atoms with Crippen LogP contribution in [0.25, 0.3) is 0 Å². The second-order valence-electron chi connectivity index (χ2n) is 7.41. The molecule has 0 amide bonds. The number of nitrogens with zero attached hydrogens (tertiary/aromatic N) is 2. The molecule has 2 aromatic heterocycles. The van der Waals surface area contributed by atoms with Crippen LogP contribution < -0.4 is 0 Å². The van der Waals surface area contributed by atoms with Gasteiger partial charge in [0.25, 0.3) is 0 Å². The number of aromatic amines is 2. The molecule has 2 aromatic rings. The number of nitrogens with one attached hydrogen (secondary N) is 2. The summed E-state index contributed by atoms with van der Waals surface area (Å²) in [5.41, 5.74) is 2.59. The maximum absolute atomic E-state index is 11.4. The van der Waals surface area contributed by atoms with Gasteiger partial charge >= 0.3 is 11.9 Å². The van der Waals surface area contributed by atoms with Crippen molar-refractivity contribution in [1.82, 2.24) is 20.4 Å². The number of H-pyrrole nitrogens is 2. The topological polar surface area (TPSA) is 121 Å². The Bertz CT molecular complexity index is 786. The predicted molar refractivity (Wildman–Crippen MR) is 103 cm³/mol.